The van der Waals surface area contributed by atoms with Crippen LogP contribution in [0.2, 0.25) is 5.02 Å². The molecule has 0 fully saturated rings. The SMILES string of the molecule is Nc1ccc(Cl)c(SCC(O)CO)c1. The molecule has 3 nitrogen and oxygen atoms in total. The Balaban J connectivity index is 2.62. The molecule has 0 spiro atoms. The number of benzene rings is 1. The van der Waals surface area contributed by atoms with Crippen molar-refractivity contribution in [1.82, 2.24) is 0 Å². The number of halogens is 1. The summed E-state index contributed by atoms with van der Waals surface area (Å²) in [5.74, 6) is 0.402. The van der Waals surface area contributed by atoms with E-state index in [0.717, 1.165) is 4.90 Å². The summed E-state index contributed by atoms with van der Waals surface area (Å²) in [4.78, 5) is 0.819. The van der Waals surface area contributed by atoms with Crippen molar-refractivity contribution in [1.29, 1.82) is 0 Å². The molecule has 0 amide bonds. The second kappa shape index (κ2) is 5.46. The maximum atomic E-state index is 9.13. The van der Waals surface area contributed by atoms with Gasteiger partial charge in [-0.25, -0.2) is 0 Å². The second-order valence-electron chi connectivity index (χ2n) is 2.84. The van der Waals surface area contributed by atoms with Crippen LogP contribution >= 0.6 is 23.4 Å². The lowest BCUT2D eigenvalue weighted by molar-refractivity contribution is 0.113. The molecule has 1 aromatic carbocycles. The Morgan fingerprint density at radius 3 is 2.86 bits per heavy atom. The lowest BCUT2D eigenvalue weighted by atomic mass is 10.3. The van der Waals surface area contributed by atoms with E-state index in [-0.39, 0.29) is 6.61 Å². The average molecular weight is 234 g/mol. The molecule has 0 saturated carbocycles. The van der Waals surface area contributed by atoms with E-state index in [2.05, 4.69) is 0 Å². The minimum Gasteiger partial charge on any atom is -0.399 e. The highest BCUT2D eigenvalue weighted by atomic mass is 35.5. The summed E-state index contributed by atoms with van der Waals surface area (Å²) in [6.07, 6.45) is -0.725. The fourth-order valence-corrected chi connectivity index (χ4v) is 2.05. The summed E-state index contributed by atoms with van der Waals surface area (Å²) in [6.45, 7) is -0.243. The van der Waals surface area contributed by atoms with E-state index in [9.17, 15) is 0 Å². The number of rotatable bonds is 4. The number of aliphatic hydroxyl groups is 2. The normalized spacial score (nSPS) is 12.8. The first-order chi connectivity index (χ1) is 6.63. The van der Waals surface area contributed by atoms with Crippen LogP contribution in [0.4, 0.5) is 5.69 Å². The number of hydrogen-bond donors (Lipinski definition) is 3. The molecule has 0 saturated heterocycles. The quantitative estimate of drug-likeness (QED) is 0.543. The summed E-state index contributed by atoms with van der Waals surface area (Å²) in [5, 5.41) is 18.4. The molecule has 5 heteroatoms. The monoisotopic (exact) mass is 233 g/mol. The van der Waals surface area contributed by atoms with Gasteiger partial charge in [0.05, 0.1) is 17.7 Å². The highest BCUT2D eigenvalue weighted by Gasteiger charge is 2.06. The van der Waals surface area contributed by atoms with Gasteiger partial charge in [0.25, 0.3) is 0 Å². The average Bonchev–Trinajstić information content (AvgIpc) is 2.19. The van der Waals surface area contributed by atoms with E-state index < -0.39 is 6.10 Å². The second-order valence-corrected chi connectivity index (χ2v) is 4.31. The van der Waals surface area contributed by atoms with Crippen LogP contribution in [0.1, 0.15) is 0 Å². The van der Waals surface area contributed by atoms with Gasteiger partial charge in [-0.3, -0.25) is 0 Å². The van der Waals surface area contributed by atoms with Crippen LogP contribution in [-0.2, 0) is 0 Å². The van der Waals surface area contributed by atoms with Crippen LogP contribution in [0, 0.1) is 0 Å². The van der Waals surface area contributed by atoms with E-state index in [1.165, 1.54) is 11.8 Å². The van der Waals surface area contributed by atoms with Gasteiger partial charge in [0, 0.05) is 16.3 Å². The molecule has 0 aliphatic heterocycles. The Morgan fingerprint density at radius 2 is 2.21 bits per heavy atom. The largest absolute Gasteiger partial charge is 0.399 e. The zero-order valence-electron chi connectivity index (χ0n) is 7.48. The van der Waals surface area contributed by atoms with E-state index in [1.54, 1.807) is 18.2 Å². The Kier molecular flexibility index (Phi) is 4.54. The molecule has 0 aliphatic carbocycles. The molecule has 0 aliphatic rings. The molecular weight excluding hydrogens is 222 g/mol. The van der Waals surface area contributed by atoms with E-state index in [0.29, 0.717) is 16.5 Å². The highest BCUT2D eigenvalue weighted by molar-refractivity contribution is 7.99. The molecule has 1 rings (SSSR count). The van der Waals surface area contributed by atoms with Gasteiger partial charge in [0.1, 0.15) is 0 Å². The van der Waals surface area contributed by atoms with Gasteiger partial charge in [-0.1, -0.05) is 11.6 Å². The van der Waals surface area contributed by atoms with Gasteiger partial charge >= 0.3 is 0 Å². The molecule has 1 unspecified atom stereocenters. The van der Waals surface area contributed by atoms with Crippen molar-refractivity contribution in [3.8, 4) is 0 Å². The van der Waals surface area contributed by atoms with Crippen LogP contribution in [0.15, 0.2) is 23.1 Å². The molecule has 14 heavy (non-hydrogen) atoms. The Bertz CT molecular complexity index is 309. The third-order valence-electron chi connectivity index (χ3n) is 1.60. The van der Waals surface area contributed by atoms with Gasteiger partial charge in [0.2, 0.25) is 0 Å². The summed E-state index contributed by atoms with van der Waals surface area (Å²) >= 11 is 7.27. The van der Waals surface area contributed by atoms with Crippen LogP contribution in [0.25, 0.3) is 0 Å². The van der Waals surface area contributed by atoms with Crippen LogP contribution in [0.5, 0.6) is 0 Å². The van der Waals surface area contributed by atoms with Crippen molar-refractivity contribution in [2.75, 3.05) is 18.1 Å². The number of nitrogen functional groups attached to an aromatic ring is 1. The van der Waals surface area contributed by atoms with Crippen molar-refractivity contribution < 1.29 is 10.2 Å². The fourth-order valence-electron chi connectivity index (χ4n) is 0.869. The Hall–Kier alpha value is -0.420. The summed E-state index contributed by atoms with van der Waals surface area (Å²) in [5.41, 5.74) is 6.22. The third kappa shape index (κ3) is 3.38. The molecule has 0 radical (unpaired) electrons. The van der Waals surface area contributed by atoms with Crippen molar-refractivity contribution in [2.45, 2.75) is 11.0 Å². The molecule has 1 aromatic rings. The minimum absolute atomic E-state index is 0.243. The van der Waals surface area contributed by atoms with Gasteiger partial charge < -0.3 is 15.9 Å². The lowest BCUT2D eigenvalue weighted by Gasteiger charge is -2.08. The maximum Gasteiger partial charge on any atom is 0.0864 e. The molecular formula is C9H12ClNO2S. The molecule has 4 N–H and O–H groups in total. The molecule has 78 valence electrons. The smallest absolute Gasteiger partial charge is 0.0864 e. The standard InChI is InChI=1S/C9H12ClNO2S/c10-8-2-1-6(11)3-9(8)14-5-7(13)4-12/h1-3,7,12-13H,4-5,11H2. The zero-order chi connectivity index (χ0) is 10.6. The number of aliphatic hydroxyl groups excluding tert-OH is 2. The minimum atomic E-state index is -0.725. The summed E-state index contributed by atoms with van der Waals surface area (Å²) in [6, 6.07) is 5.18. The van der Waals surface area contributed by atoms with Gasteiger partial charge in [0.15, 0.2) is 0 Å². The van der Waals surface area contributed by atoms with Crippen LogP contribution in [-0.4, -0.2) is 28.7 Å². The van der Waals surface area contributed by atoms with Gasteiger partial charge in [-0.2, -0.15) is 0 Å². The summed E-state index contributed by atoms with van der Waals surface area (Å²) in [7, 11) is 0. The van der Waals surface area contributed by atoms with Crippen molar-refractivity contribution in [2.24, 2.45) is 0 Å². The predicted octanol–water partition coefficient (Wildman–Crippen LogP) is 1.37. The van der Waals surface area contributed by atoms with Gasteiger partial charge in [-0.15, -0.1) is 11.8 Å². The predicted molar refractivity (Wildman–Crippen MR) is 59.7 cm³/mol. The van der Waals surface area contributed by atoms with Crippen molar-refractivity contribution in [3.63, 3.8) is 0 Å². The first-order valence-corrected chi connectivity index (χ1v) is 5.46. The van der Waals surface area contributed by atoms with E-state index >= 15 is 0 Å². The highest BCUT2D eigenvalue weighted by Crippen LogP contribution is 2.29. The topological polar surface area (TPSA) is 66.5 Å². The van der Waals surface area contributed by atoms with Crippen molar-refractivity contribution >= 4 is 29.1 Å². The van der Waals surface area contributed by atoms with Crippen molar-refractivity contribution in [3.05, 3.63) is 23.2 Å². The molecule has 0 bridgehead atoms. The van der Waals surface area contributed by atoms with E-state index in [4.69, 9.17) is 27.5 Å². The lowest BCUT2D eigenvalue weighted by Crippen LogP contribution is -2.14. The van der Waals surface area contributed by atoms with Gasteiger partial charge in [-0.05, 0) is 18.2 Å². The van der Waals surface area contributed by atoms with E-state index in [1.807, 2.05) is 0 Å². The number of nitrogens with two attached hydrogens (primary N) is 1. The Labute approximate surface area is 91.9 Å². The third-order valence-corrected chi connectivity index (χ3v) is 3.24. The fraction of sp³-hybridized carbons (Fsp3) is 0.333. The maximum absolute atomic E-state index is 9.13. The summed E-state index contributed by atoms with van der Waals surface area (Å²) < 4.78 is 0. The molecule has 0 aromatic heterocycles. The van der Waals surface area contributed by atoms with Crippen LogP contribution < -0.4 is 5.73 Å². The number of thioether (sulfide) groups is 1. The number of hydrogen-bond acceptors (Lipinski definition) is 4. The Morgan fingerprint density at radius 1 is 1.50 bits per heavy atom. The zero-order valence-corrected chi connectivity index (χ0v) is 9.05. The number of anilines is 1. The first kappa shape index (κ1) is 11.7. The molecule has 1 atom stereocenters. The molecule has 0 heterocycles. The van der Waals surface area contributed by atoms with Crippen LogP contribution in [0.3, 0.4) is 0 Å². The first-order valence-electron chi connectivity index (χ1n) is 4.10.